The molecule has 140 valence electrons. The van der Waals surface area contributed by atoms with Crippen molar-refractivity contribution in [3.05, 3.63) is 35.1 Å². The lowest BCUT2D eigenvalue weighted by atomic mass is 9.97. The summed E-state index contributed by atoms with van der Waals surface area (Å²) in [5.41, 5.74) is 3.18. The average Bonchev–Trinajstić information content (AvgIpc) is 3.25. The molecule has 0 heterocycles. The van der Waals surface area contributed by atoms with Crippen LogP contribution < -0.4 is 5.73 Å². The minimum atomic E-state index is -4.81. The number of alkyl halides is 3. The minimum Gasteiger partial charge on any atom is -0.450 e. The van der Waals surface area contributed by atoms with Crippen LogP contribution in [0.15, 0.2) is 18.2 Å². The van der Waals surface area contributed by atoms with Gasteiger partial charge in [0, 0.05) is 12.1 Å². The van der Waals surface area contributed by atoms with Gasteiger partial charge in [-0.1, -0.05) is 6.07 Å². The predicted molar refractivity (Wildman–Crippen MR) is 84.3 cm³/mol. The molecule has 1 aliphatic rings. The summed E-state index contributed by atoms with van der Waals surface area (Å²) in [7, 11) is 0. The predicted octanol–water partition coefficient (Wildman–Crippen LogP) is 4.03. The van der Waals surface area contributed by atoms with E-state index in [4.69, 9.17) is 10.5 Å². The fourth-order valence-electron chi connectivity index (χ4n) is 2.86. The first-order chi connectivity index (χ1) is 11.4. The van der Waals surface area contributed by atoms with Gasteiger partial charge >= 0.3 is 12.3 Å². The molecule has 25 heavy (non-hydrogen) atoms. The Labute approximate surface area is 143 Å². The van der Waals surface area contributed by atoms with Gasteiger partial charge < -0.3 is 10.5 Å². The number of hydrogen-bond donors (Lipinski definition) is 1. The van der Waals surface area contributed by atoms with Crippen LogP contribution in [0.3, 0.4) is 0 Å². The van der Waals surface area contributed by atoms with Crippen molar-refractivity contribution < 1.29 is 27.1 Å². The Bertz CT molecular complexity index is 649. The third-order valence-corrected chi connectivity index (χ3v) is 4.10. The number of nitrogens with two attached hydrogens (primary N) is 1. The summed E-state index contributed by atoms with van der Waals surface area (Å²) < 4.78 is 57.7. The Morgan fingerprint density at radius 1 is 1.32 bits per heavy atom. The molecular weight excluding hydrogens is 340 g/mol. The summed E-state index contributed by atoms with van der Waals surface area (Å²) in [6, 6.07) is 2.85. The molecule has 1 saturated carbocycles. The van der Waals surface area contributed by atoms with Gasteiger partial charge in [0.2, 0.25) is 0 Å². The van der Waals surface area contributed by atoms with E-state index in [-0.39, 0.29) is 18.7 Å². The second-order valence-electron chi connectivity index (χ2n) is 7.00. The average molecular weight is 362 g/mol. The van der Waals surface area contributed by atoms with Gasteiger partial charge in [0.25, 0.3) is 0 Å². The van der Waals surface area contributed by atoms with Crippen LogP contribution in [0.1, 0.15) is 44.7 Å². The largest absolute Gasteiger partial charge is 0.450 e. The number of carbonyl (C=O) groups excluding carboxylic acids is 1. The summed E-state index contributed by atoms with van der Waals surface area (Å²) >= 11 is 0. The van der Waals surface area contributed by atoms with Crippen LogP contribution in [0, 0.1) is 5.82 Å². The first-order valence-corrected chi connectivity index (χ1v) is 8.01. The second kappa shape index (κ2) is 6.48. The van der Waals surface area contributed by atoms with Crippen LogP contribution in [0.5, 0.6) is 0 Å². The topological polar surface area (TPSA) is 55.6 Å². The van der Waals surface area contributed by atoms with Crippen LogP contribution in [-0.2, 0) is 16.5 Å². The third-order valence-electron chi connectivity index (χ3n) is 4.10. The summed E-state index contributed by atoms with van der Waals surface area (Å²) in [6.45, 7) is 5.29. The summed E-state index contributed by atoms with van der Waals surface area (Å²) in [6.07, 6.45) is -4.52. The van der Waals surface area contributed by atoms with Gasteiger partial charge in [0.05, 0.1) is 17.7 Å². The molecule has 1 aliphatic carbocycles. The molecule has 0 aliphatic heterocycles. The fourth-order valence-corrected chi connectivity index (χ4v) is 2.86. The van der Waals surface area contributed by atoms with Crippen molar-refractivity contribution in [1.29, 1.82) is 0 Å². The van der Waals surface area contributed by atoms with E-state index in [0.717, 1.165) is 12.1 Å². The normalized spacial score (nSPS) is 16.5. The number of benzene rings is 1. The molecule has 0 spiro atoms. The molecule has 0 saturated heterocycles. The van der Waals surface area contributed by atoms with Crippen molar-refractivity contribution in [2.45, 2.75) is 50.9 Å². The van der Waals surface area contributed by atoms with E-state index in [2.05, 4.69) is 0 Å². The van der Waals surface area contributed by atoms with E-state index in [1.165, 1.54) is 11.0 Å². The molecule has 0 atom stereocenters. The van der Waals surface area contributed by atoms with Gasteiger partial charge in [-0.05, 0) is 51.3 Å². The maximum absolute atomic E-state index is 13.6. The molecule has 8 heteroatoms. The van der Waals surface area contributed by atoms with Gasteiger partial charge in [-0.25, -0.2) is 9.18 Å². The third kappa shape index (κ3) is 4.23. The Hall–Kier alpha value is -1.83. The Morgan fingerprint density at radius 2 is 1.92 bits per heavy atom. The van der Waals surface area contributed by atoms with E-state index >= 15 is 0 Å². The highest BCUT2D eigenvalue weighted by atomic mass is 19.4. The SMILES string of the molecule is CCOC(=O)N(CC(C)(C)N)C1(c2ccc(F)c(C(F)(F)F)c2)CC1. The van der Waals surface area contributed by atoms with Gasteiger partial charge in [-0.15, -0.1) is 0 Å². The molecule has 1 fully saturated rings. The van der Waals surface area contributed by atoms with Gasteiger partial charge in [0.1, 0.15) is 5.82 Å². The molecule has 0 bridgehead atoms. The van der Waals surface area contributed by atoms with Crippen LogP contribution in [0.4, 0.5) is 22.4 Å². The van der Waals surface area contributed by atoms with E-state index in [1.54, 1.807) is 20.8 Å². The van der Waals surface area contributed by atoms with Gasteiger partial charge in [0.15, 0.2) is 0 Å². The van der Waals surface area contributed by atoms with Gasteiger partial charge in [-0.3, -0.25) is 4.90 Å². The van der Waals surface area contributed by atoms with E-state index in [1.807, 2.05) is 0 Å². The molecule has 0 unspecified atom stereocenters. The Kier molecular flexibility index (Phi) is 5.05. The van der Waals surface area contributed by atoms with E-state index in [0.29, 0.717) is 12.8 Å². The van der Waals surface area contributed by atoms with Crippen LogP contribution in [-0.4, -0.2) is 29.7 Å². The molecule has 0 aromatic heterocycles. The minimum absolute atomic E-state index is 0.102. The number of carbonyl (C=O) groups is 1. The van der Waals surface area contributed by atoms with Crippen molar-refractivity contribution in [2.24, 2.45) is 5.73 Å². The first kappa shape index (κ1) is 19.5. The highest BCUT2D eigenvalue weighted by Gasteiger charge is 2.53. The highest BCUT2D eigenvalue weighted by Crippen LogP contribution is 2.52. The number of nitrogens with zero attached hydrogens (tertiary/aromatic N) is 1. The summed E-state index contributed by atoms with van der Waals surface area (Å²) in [4.78, 5) is 13.7. The summed E-state index contributed by atoms with van der Waals surface area (Å²) in [5.74, 6) is -1.34. The standard InChI is InChI=1S/C17H22F4N2O2/c1-4-25-14(24)23(10-15(2,3)22)16(7-8-16)11-5-6-13(18)12(9-11)17(19,20)21/h5-6,9H,4,7-8,10,22H2,1-3H3. The monoisotopic (exact) mass is 362 g/mol. The molecule has 2 N–H and O–H groups in total. The molecule has 4 nitrogen and oxygen atoms in total. The molecule has 1 aromatic carbocycles. The van der Waals surface area contributed by atoms with Crippen molar-refractivity contribution in [3.8, 4) is 0 Å². The number of amides is 1. The molecule has 0 radical (unpaired) electrons. The summed E-state index contributed by atoms with van der Waals surface area (Å²) in [5, 5.41) is 0. The smallest absolute Gasteiger partial charge is 0.419 e. The molecule has 2 rings (SSSR count). The fraction of sp³-hybridized carbons (Fsp3) is 0.588. The van der Waals surface area contributed by atoms with Crippen LogP contribution >= 0.6 is 0 Å². The van der Waals surface area contributed by atoms with Crippen molar-refractivity contribution in [2.75, 3.05) is 13.2 Å². The maximum Gasteiger partial charge on any atom is 0.419 e. The Balaban J connectivity index is 2.46. The molecule has 1 amide bonds. The number of ether oxygens (including phenoxy) is 1. The van der Waals surface area contributed by atoms with E-state index in [9.17, 15) is 22.4 Å². The quantitative estimate of drug-likeness (QED) is 0.805. The highest BCUT2D eigenvalue weighted by molar-refractivity contribution is 5.70. The zero-order chi connectivity index (χ0) is 19.0. The number of rotatable bonds is 5. The van der Waals surface area contributed by atoms with Crippen molar-refractivity contribution in [1.82, 2.24) is 4.90 Å². The Morgan fingerprint density at radius 3 is 2.36 bits per heavy atom. The van der Waals surface area contributed by atoms with Gasteiger partial charge in [-0.2, -0.15) is 13.2 Å². The zero-order valence-corrected chi connectivity index (χ0v) is 14.4. The van der Waals surface area contributed by atoms with Crippen molar-refractivity contribution >= 4 is 6.09 Å². The zero-order valence-electron chi connectivity index (χ0n) is 14.4. The lowest BCUT2D eigenvalue weighted by Gasteiger charge is -2.36. The molecule has 1 aromatic rings. The maximum atomic E-state index is 13.6. The van der Waals surface area contributed by atoms with Crippen LogP contribution in [0.25, 0.3) is 0 Å². The van der Waals surface area contributed by atoms with E-state index < -0.39 is 34.7 Å². The van der Waals surface area contributed by atoms with Crippen LogP contribution in [0.2, 0.25) is 0 Å². The number of hydrogen-bond acceptors (Lipinski definition) is 3. The first-order valence-electron chi connectivity index (χ1n) is 8.01. The number of halogens is 4. The second-order valence-corrected chi connectivity index (χ2v) is 7.00. The lowest BCUT2D eigenvalue weighted by Crippen LogP contribution is -2.52. The van der Waals surface area contributed by atoms with Crippen molar-refractivity contribution in [3.63, 3.8) is 0 Å². The molecular formula is C17H22F4N2O2. The lowest BCUT2D eigenvalue weighted by molar-refractivity contribution is -0.140.